The van der Waals surface area contributed by atoms with E-state index in [1.54, 1.807) is 9.70 Å². The van der Waals surface area contributed by atoms with Crippen LogP contribution in [0.2, 0.25) is 0 Å². The van der Waals surface area contributed by atoms with Crippen LogP contribution in [-0.4, -0.2) is 0 Å². The van der Waals surface area contributed by atoms with Gasteiger partial charge in [-0.25, -0.2) is 0 Å². The molecule has 10 heavy (non-hydrogen) atoms. The number of allylic oxidation sites excluding steroid dienone is 4. The van der Waals surface area contributed by atoms with Crippen LogP contribution in [0.5, 0.6) is 0 Å². The fourth-order valence-corrected chi connectivity index (χ4v) is 2.33. The summed E-state index contributed by atoms with van der Waals surface area (Å²) in [5.41, 5.74) is 4.59. The van der Waals surface area contributed by atoms with Crippen LogP contribution in [0.4, 0.5) is 0 Å². The van der Waals surface area contributed by atoms with Crippen LogP contribution in [0.25, 0.3) is 0 Å². The Kier molecular flexibility index (Phi) is 2.16. The van der Waals surface area contributed by atoms with Crippen molar-refractivity contribution in [1.82, 2.24) is 0 Å². The molecule has 0 spiro atoms. The van der Waals surface area contributed by atoms with Gasteiger partial charge in [-0.3, -0.25) is 0 Å². The van der Waals surface area contributed by atoms with Gasteiger partial charge in [0.15, 0.2) is 0 Å². The first kappa shape index (κ1) is 8.22. The van der Waals surface area contributed by atoms with Gasteiger partial charge in [-0.05, 0) is 0 Å². The molecule has 0 aromatic carbocycles. The van der Waals surface area contributed by atoms with Crippen LogP contribution in [0.1, 0.15) is 27.7 Å². The second-order valence-corrected chi connectivity index (χ2v) is 4.36. The van der Waals surface area contributed by atoms with Crippen LogP contribution in [0.3, 0.4) is 0 Å². The molecule has 0 fully saturated rings. The Labute approximate surface area is 73.3 Å². The zero-order valence-corrected chi connectivity index (χ0v) is 9.47. The molecule has 0 saturated carbocycles. The van der Waals surface area contributed by atoms with Gasteiger partial charge in [-0.1, -0.05) is 0 Å². The van der Waals surface area contributed by atoms with Crippen molar-refractivity contribution in [3.05, 3.63) is 20.8 Å². The third kappa shape index (κ3) is 1.02. The molecular weight excluding hydrogens is 298 g/mol. The Bertz CT molecular complexity index is 197. The standard InChI is InChI=1S/C9H13.Os/c1-6-5-7(2)9(4)8(6)3;/h6H,1-4H3;. The monoisotopic (exact) mass is 313 g/mol. The van der Waals surface area contributed by atoms with Crippen molar-refractivity contribution in [3.8, 4) is 0 Å². The van der Waals surface area contributed by atoms with Crippen molar-refractivity contribution in [1.29, 1.82) is 0 Å². The van der Waals surface area contributed by atoms with E-state index >= 15 is 0 Å². The van der Waals surface area contributed by atoms with Gasteiger partial charge >= 0.3 is 73.1 Å². The molecule has 0 aliphatic heterocycles. The van der Waals surface area contributed by atoms with Crippen molar-refractivity contribution in [2.24, 2.45) is 5.92 Å². The number of hydrogen-bond acceptors (Lipinski definition) is 0. The molecule has 1 heteroatoms. The topological polar surface area (TPSA) is 0 Å². The van der Waals surface area contributed by atoms with Crippen molar-refractivity contribution in [2.75, 3.05) is 0 Å². The molecule has 0 N–H and O–H groups in total. The van der Waals surface area contributed by atoms with E-state index < -0.39 is 0 Å². The molecule has 1 unspecified atom stereocenters. The Morgan fingerprint density at radius 2 is 1.60 bits per heavy atom. The van der Waals surface area contributed by atoms with Crippen molar-refractivity contribution >= 4 is 0 Å². The maximum absolute atomic E-state index is 2.29. The van der Waals surface area contributed by atoms with E-state index in [1.165, 1.54) is 11.1 Å². The van der Waals surface area contributed by atoms with Gasteiger partial charge < -0.3 is 0 Å². The summed E-state index contributed by atoms with van der Waals surface area (Å²) in [6, 6.07) is 0. The normalized spacial score (nSPS) is 26.7. The van der Waals surface area contributed by atoms with E-state index in [0.717, 1.165) is 0 Å². The molecule has 1 rings (SSSR count). The van der Waals surface area contributed by atoms with Gasteiger partial charge in [0.05, 0.1) is 0 Å². The van der Waals surface area contributed by atoms with Crippen molar-refractivity contribution in [3.63, 3.8) is 0 Å². The fourth-order valence-electron chi connectivity index (χ4n) is 1.30. The van der Waals surface area contributed by atoms with E-state index in [9.17, 15) is 0 Å². The zero-order chi connectivity index (χ0) is 7.89. The Morgan fingerprint density at radius 3 is 1.70 bits per heavy atom. The molecule has 0 amide bonds. The van der Waals surface area contributed by atoms with Crippen molar-refractivity contribution in [2.45, 2.75) is 27.7 Å². The summed E-state index contributed by atoms with van der Waals surface area (Å²) in [5, 5.41) is 0. The molecule has 0 radical (unpaired) electrons. The molecule has 0 bridgehead atoms. The molecule has 0 aromatic heterocycles. The molecule has 57 valence electrons. The predicted molar refractivity (Wildman–Crippen MR) is 40.2 cm³/mol. The van der Waals surface area contributed by atoms with Crippen LogP contribution < -0.4 is 0 Å². The summed E-state index contributed by atoms with van der Waals surface area (Å²) >= 11 is 2.04. The summed E-state index contributed by atoms with van der Waals surface area (Å²) in [7, 11) is 0. The van der Waals surface area contributed by atoms with E-state index in [1.807, 2.05) is 18.6 Å². The summed E-state index contributed by atoms with van der Waals surface area (Å²) < 4.78 is 1.58. The van der Waals surface area contributed by atoms with Gasteiger partial charge in [0.2, 0.25) is 0 Å². The Hall–Kier alpha value is 0.116. The average Bonchev–Trinajstić information content (AvgIpc) is 2.07. The Morgan fingerprint density at radius 1 is 1.10 bits per heavy atom. The average molecular weight is 311 g/mol. The van der Waals surface area contributed by atoms with E-state index in [0.29, 0.717) is 5.92 Å². The molecule has 1 aliphatic carbocycles. The molecule has 0 aromatic rings. The maximum atomic E-state index is 2.29. The minimum atomic E-state index is 0.707. The summed E-state index contributed by atoms with van der Waals surface area (Å²) in [5.74, 6) is 0.707. The summed E-state index contributed by atoms with van der Waals surface area (Å²) in [6.07, 6.45) is 0. The quantitative estimate of drug-likeness (QED) is 0.645. The fraction of sp³-hybridized carbons (Fsp3) is 0.556. The zero-order valence-electron chi connectivity index (χ0n) is 6.93. The SMILES string of the molecule is CC1=C(C)C(C)[C]([Os])=C1C. The molecule has 1 atom stereocenters. The number of hydrogen-bond donors (Lipinski definition) is 0. The van der Waals surface area contributed by atoms with Crippen LogP contribution in [-0.2, 0) is 18.6 Å². The van der Waals surface area contributed by atoms with E-state index in [2.05, 4.69) is 27.7 Å². The molecule has 1 aliphatic rings. The minimum absolute atomic E-state index is 0.707. The molecule has 0 heterocycles. The second kappa shape index (κ2) is 2.63. The van der Waals surface area contributed by atoms with E-state index in [4.69, 9.17) is 0 Å². The van der Waals surface area contributed by atoms with E-state index in [-0.39, 0.29) is 0 Å². The van der Waals surface area contributed by atoms with Gasteiger partial charge in [0.1, 0.15) is 0 Å². The summed E-state index contributed by atoms with van der Waals surface area (Å²) in [6.45, 7) is 8.98. The third-order valence-electron chi connectivity index (χ3n) is 2.52. The third-order valence-corrected chi connectivity index (χ3v) is 4.57. The first-order chi connectivity index (χ1) is 4.55. The number of rotatable bonds is 0. The van der Waals surface area contributed by atoms with Gasteiger partial charge in [-0.2, -0.15) is 0 Å². The summed E-state index contributed by atoms with van der Waals surface area (Å²) in [4.78, 5) is 0. The Balaban J connectivity index is 3.09. The van der Waals surface area contributed by atoms with Crippen molar-refractivity contribution < 1.29 is 18.6 Å². The van der Waals surface area contributed by atoms with Gasteiger partial charge in [0.25, 0.3) is 0 Å². The second-order valence-electron chi connectivity index (χ2n) is 2.99. The first-order valence-electron chi connectivity index (χ1n) is 3.58. The van der Waals surface area contributed by atoms with Crippen LogP contribution >= 0.6 is 0 Å². The van der Waals surface area contributed by atoms with Crippen LogP contribution in [0.15, 0.2) is 20.8 Å². The molecule has 0 nitrogen and oxygen atoms in total. The van der Waals surface area contributed by atoms with Gasteiger partial charge in [0, 0.05) is 0 Å². The predicted octanol–water partition coefficient (Wildman–Crippen LogP) is 2.79. The molecule has 0 saturated heterocycles. The first-order valence-corrected chi connectivity index (χ1v) is 4.85. The van der Waals surface area contributed by atoms with Gasteiger partial charge in [-0.15, -0.1) is 0 Å². The molecular formula is C9H13Os. The van der Waals surface area contributed by atoms with Crippen LogP contribution in [0, 0.1) is 5.92 Å².